The fraction of sp³-hybridized carbons (Fsp3) is 0.588. The fourth-order valence-corrected chi connectivity index (χ4v) is 2.46. The van der Waals surface area contributed by atoms with Gasteiger partial charge >= 0.3 is 0 Å². The molecule has 0 aromatic rings. The Morgan fingerprint density at radius 1 is 1.11 bits per heavy atom. The van der Waals surface area contributed by atoms with Crippen molar-refractivity contribution in [2.75, 3.05) is 0 Å². The summed E-state index contributed by atoms with van der Waals surface area (Å²) in [6, 6.07) is 0. The van der Waals surface area contributed by atoms with E-state index in [2.05, 4.69) is 32.6 Å². The molecule has 0 aromatic carbocycles. The molecule has 1 aliphatic carbocycles. The Morgan fingerprint density at radius 2 is 1.67 bits per heavy atom. The van der Waals surface area contributed by atoms with E-state index in [1.807, 2.05) is 0 Å². The first-order valence-corrected chi connectivity index (χ1v) is 7.00. The minimum Gasteiger partial charge on any atom is -0.299 e. The minimum absolute atomic E-state index is 0.0561. The lowest BCUT2D eigenvalue weighted by molar-refractivity contribution is -0.119. The summed E-state index contributed by atoms with van der Waals surface area (Å²) in [5.74, 6) is 0.326. The van der Waals surface area contributed by atoms with Crippen molar-refractivity contribution in [2.24, 2.45) is 5.92 Å². The molecule has 0 aromatic heterocycles. The molecule has 0 radical (unpaired) electrons. The van der Waals surface area contributed by atoms with Crippen LogP contribution in [0.3, 0.4) is 0 Å². The van der Waals surface area contributed by atoms with E-state index in [0.29, 0.717) is 0 Å². The molecule has 1 nitrogen and oxygen atoms in total. The Bertz CT molecular complexity index is 371. The van der Waals surface area contributed by atoms with Crippen molar-refractivity contribution in [1.82, 2.24) is 0 Å². The number of carbonyl (C=O) groups is 1. The first-order chi connectivity index (χ1) is 8.50. The highest BCUT2D eigenvalue weighted by Gasteiger charge is 2.17. The molecule has 1 unspecified atom stereocenters. The highest BCUT2D eigenvalue weighted by molar-refractivity contribution is 5.81. The van der Waals surface area contributed by atoms with Crippen LogP contribution in [0.2, 0.25) is 0 Å². The van der Waals surface area contributed by atoms with Gasteiger partial charge in [-0.15, -0.1) is 0 Å². The van der Waals surface area contributed by atoms with Gasteiger partial charge in [-0.05, 0) is 59.3 Å². The number of rotatable bonds is 1. The van der Waals surface area contributed by atoms with Crippen molar-refractivity contribution in [3.05, 3.63) is 35.5 Å². The van der Waals surface area contributed by atoms with Gasteiger partial charge in [0.2, 0.25) is 0 Å². The molecule has 0 amide bonds. The van der Waals surface area contributed by atoms with Crippen LogP contribution in [0.25, 0.3) is 0 Å². The predicted molar refractivity (Wildman–Crippen MR) is 78.5 cm³/mol. The molecule has 1 aliphatic rings. The number of hydrogen-bond acceptors (Lipinski definition) is 1. The summed E-state index contributed by atoms with van der Waals surface area (Å²) < 4.78 is 0. The molecule has 0 N–H and O–H groups in total. The highest BCUT2D eigenvalue weighted by atomic mass is 16.1. The molecule has 0 bridgehead atoms. The van der Waals surface area contributed by atoms with Gasteiger partial charge in [0.25, 0.3) is 0 Å². The molecule has 0 saturated carbocycles. The number of carbonyl (C=O) groups excluding carboxylic acids is 1. The molecule has 18 heavy (non-hydrogen) atoms. The number of hydrogen-bond donors (Lipinski definition) is 0. The summed E-state index contributed by atoms with van der Waals surface area (Å²) in [5.41, 5.74) is 3.94. The van der Waals surface area contributed by atoms with Crippen LogP contribution in [0.1, 0.15) is 59.3 Å². The topological polar surface area (TPSA) is 17.1 Å². The molecule has 1 rings (SSSR count). The first kappa shape index (κ1) is 14.9. The van der Waals surface area contributed by atoms with Crippen LogP contribution in [0.4, 0.5) is 0 Å². The maximum absolute atomic E-state index is 11.7. The van der Waals surface area contributed by atoms with Gasteiger partial charge in [-0.25, -0.2) is 0 Å². The van der Waals surface area contributed by atoms with Crippen molar-refractivity contribution >= 4 is 5.78 Å². The molecule has 1 atom stereocenters. The second kappa shape index (κ2) is 7.35. The monoisotopic (exact) mass is 246 g/mol. The third-order valence-electron chi connectivity index (χ3n) is 3.80. The van der Waals surface area contributed by atoms with Gasteiger partial charge in [0, 0.05) is 5.92 Å². The Labute approximate surface area is 112 Å². The molecule has 0 spiro atoms. The van der Waals surface area contributed by atoms with Gasteiger partial charge in [0.15, 0.2) is 0 Å². The molecule has 0 aliphatic heterocycles. The fourth-order valence-electron chi connectivity index (χ4n) is 2.46. The molecule has 100 valence electrons. The van der Waals surface area contributed by atoms with Gasteiger partial charge in [-0.2, -0.15) is 0 Å². The van der Waals surface area contributed by atoms with E-state index in [1.54, 1.807) is 6.92 Å². The van der Waals surface area contributed by atoms with Crippen LogP contribution in [0.5, 0.6) is 0 Å². The van der Waals surface area contributed by atoms with Gasteiger partial charge in [0.05, 0.1) is 0 Å². The summed E-state index contributed by atoms with van der Waals surface area (Å²) in [7, 11) is 0. The highest BCUT2D eigenvalue weighted by Crippen LogP contribution is 2.25. The van der Waals surface area contributed by atoms with Crippen molar-refractivity contribution in [1.29, 1.82) is 0 Å². The van der Waals surface area contributed by atoms with E-state index >= 15 is 0 Å². The van der Waals surface area contributed by atoms with Crippen LogP contribution < -0.4 is 0 Å². The van der Waals surface area contributed by atoms with Crippen LogP contribution >= 0.6 is 0 Å². The van der Waals surface area contributed by atoms with E-state index in [4.69, 9.17) is 0 Å². The van der Waals surface area contributed by atoms with E-state index in [-0.39, 0.29) is 11.7 Å². The van der Waals surface area contributed by atoms with Crippen molar-refractivity contribution in [3.63, 3.8) is 0 Å². The van der Waals surface area contributed by atoms with Crippen LogP contribution in [-0.2, 0) is 4.79 Å². The lowest BCUT2D eigenvalue weighted by Gasteiger charge is -2.18. The van der Waals surface area contributed by atoms with E-state index in [1.165, 1.54) is 11.1 Å². The van der Waals surface area contributed by atoms with Crippen molar-refractivity contribution in [3.8, 4) is 0 Å². The zero-order valence-corrected chi connectivity index (χ0v) is 12.1. The quantitative estimate of drug-likeness (QED) is 0.595. The van der Waals surface area contributed by atoms with Crippen molar-refractivity contribution in [2.45, 2.75) is 59.3 Å². The molecule has 1 heteroatoms. The number of ketones is 1. The number of Topliss-reactive ketones (excluding diaryl/α,β-unsaturated/α-hetero) is 1. The minimum atomic E-state index is 0.0561. The summed E-state index contributed by atoms with van der Waals surface area (Å²) >= 11 is 0. The van der Waals surface area contributed by atoms with Gasteiger partial charge < -0.3 is 0 Å². The van der Waals surface area contributed by atoms with Crippen LogP contribution in [0, 0.1) is 5.92 Å². The van der Waals surface area contributed by atoms with Crippen molar-refractivity contribution < 1.29 is 4.79 Å². The Balaban J connectivity index is 2.80. The lowest BCUT2D eigenvalue weighted by atomic mass is 9.86. The van der Waals surface area contributed by atoms with Gasteiger partial charge in [-0.1, -0.05) is 35.5 Å². The average Bonchev–Trinajstić information content (AvgIpc) is 2.30. The summed E-state index contributed by atoms with van der Waals surface area (Å²) in [4.78, 5) is 11.7. The van der Waals surface area contributed by atoms with E-state index < -0.39 is 0 Å². The first-order valence-electron chi connectivity index (χ1n) is 7.00. The zero-order valence-electron chi connectivity index (χ0n) is 12.1. The van der Waals surface area contributed by atoms with E-state index in [9.17, 15) is 4.79 Å². The molecular formula is C17H26O. The largest absolute Gasteiger partial charge is 0.299 e. The average molecular weight is 246 g/mol. The molecule has 0 saturated heterocycles. The van der Waals surface area contributed by atoms with E-state index in [0.717, 1.165) is 44.1 Å². The Hall–Kier alpha value is -1.11. The summed E-state index contributed by atoms with van der Waals surface area (Å²) in [6.45, 7) is 10.2. The van der Waals surface area contributed by atoms with Crippen LogP contribution in [0.15, 0.2) is 35.5 Å². The zero-order chi connectivity index (χ0) is 13.5. The normalized spacial score (nSPS) is 23.5. The van der Waals surface area contributed by atoms with Gasteiger partial charge in [0.1, 0.15) is 5.78 Å². The smallest absolute Gasteiger partial charge is 0.136 e. The second-order valence-electron chi connectivity index (χ2n) is 5.54. The summed E-state index contributed by atoms with van der Waals surface area (Å²) in [6.07, 6.45) is 10.8. The predicted octanol–water partition coefficient (Wildman–Crippen LogP) is 4.99. The third kappa shape index (κ3) is 5.03. The number of allylic oxidation sites excluding steroid dienone is 5. The molecular weight excluding hydrogens is 220 g/mol. The standard InChI is InChI=1S/C17H26O/c1-13-7-5-6-8-14(2)10-12-17(16(4)18)15(3)11-9-13/h7-8,17H,3,5-6,9-12H2,1-2,4H3. The molecule has 0 fully saturated rings. The summed E-state index contributed by atoms with van der Waals surface area (Å²) in [5, 5.41) is 0. The Morgan fingerprint density at radius 3 is 2.22 bits per heavy atom. The van der Waals surface area contributed by atoms with Gasteiger partial charge in [-0.3, -0.25) is 4.79 Å². The lowest BCUT2D eigenvalue weighted by Crippen LogP contribution is -2.14. The maximum Gasteiger partial charge on any atom is 0.136 e. The third-order valence-corrected chi connectivity index (χ3v) is 3.80. The second-order valence-corrected chi connectivity index (χ2v) is 5.54. The SMILES string of the molecule is C=C1CCC(C)=CCCC=C(C)CCC1C(C)=O. The van der Waals surface area contributed by atoms with Crippen LogP contribution in [-0.4, -0.2) is 5.78 Å². The Kier molecular flexibility index (Phi) is 6.11. The maximum atomic E-state index is 11.7. The molecule has 0 heterocycles.